The van der Waals surface area contributed by atoms with E-state index in [1.54, 1.807) is 30.2 Å². The number of benzene rings is 1. The number of ether oxygens (including phenoxy) is 1. The molecule has 2 aromatic heterocycles. The van der Waals surface area contributed by atoms with Gasteiger partial charge in [0, 0.05) is 49.3 Å². The number of rotatable bonds is 10. The lowest BCUT2D eigenvalue weighted by atomic mass is 10.2. The molecule has 3 heterocycles. The van der Waals surface area contributed by atoms with Crippen LogP contribution in [-0.2, 0) is 7.05 Å². The van der Waals surface area contributed by atoms with Gasteiger partial charge in [-0.3, -0.25) is 10.3 Å². The molecular weight excluding hydrogens is 496 g/mol. The van der Waals surface area contributed by atoms with Gasteiger partial charge in [-0.25, -0.2) is 15.1 Å². The molecule has 1 saturated heterocycles. The number of hydrogen-bond donors (Lipinski definition) is 3. The molecule has 10 nitrogen and oxygen atoms in total. The van der Waals surface area contributed by atoms with Crippen molar-refractivity contribution in [3.63, 3.8) is 0 Å². The van der Waals surface area contributed by atoms with Crippen molar-refractivity contribution in [1.82, 2.24) is 35.3 Å². The van der Waals surface area contributed by atoms with Crippen LogP contribution in [0.2, 0.25) is 0 Å². The molecule has 1 aromatic carbocycles. The van der Waals surface area contributed by atoms with Gasteiger partial charge in [0.2, 0.25) is 0 Å². The van der Waals surface area contributed by atoms with E-state index in [9.17, 15) is 4.79 Å². The van der Waals surface area contributed by atoms with Gasteiger partial charge in [0.25, 0.3) is 5.84 Å². The fraction of sp³-hybridized carbons (Fsp3) is 0.292. The normalized spacial score (nSPS) is 14.0. The summed E-state index contributed by atoms with van der Waals surface area (Å²) in [5, 5.41) is 20.7. The van der Waals surface area contributed by atoms with Crippen LogP contribution in [0.5, 0.6) is 5.75 Å². The highest BCUT2D eigenvalue weighted by Crippen LogP contribution is 2.34. The summed E-state index contributed by atoms with van der Waals surface area (Å²) in [6.07, 6.45) is 5.05. The summed E-state index contributed by atoms with van der Waals surface area (Å²) in [7, 11) is 3.60. The monoisotopic (exact) mass is 525 g/mol. The second-order valence-corrected chi connectivity index (χ2v) is 10.1. The van der Waals surface area contributed by atoms with Gasteiger partial charge in [-0.2, -0.15) is 0 Å². The number of pyridine rings is 1. The molecule has 1 amide bonds. The molecule has 0 saturated carbocycles. The summed E-state index contributed by atoms with van der Waals surface area (Å²) in [4.78, 5) is 21.7. The van der Waals surface area contributed by atoms with Gasteiger partial charge in [-0.1, -0.05) is 18.7 Å². The van der Waals surface area contributed by atoms with Gasteiger partial charge in [0.1, 0.15) is 23.2 Å². The topological polar surface area (TPSA) is 123 Å². The summed E-state index contributed by atoms with van der Waals surface area (Å²) >= 11 is 2.77. The number of aryl methyl sites for hydroxylation is 1. The van der Waals surface area contributed by atoms with Crippen LogP contribution in [0, 0.1) is 0 Å². The van der Waals surface area contributed by atoms with E-state index in [0.29, 0.717) is 15.1 Å². The molecule has 3 aromatic rings. The van der Waals surface area contributed by atoms with E-state index < -0.39 is 5.91 Å². The average molecular weight is 526 g/mol. The van der Waals surface area contributed by atoms with E-state index in [0.717, 1.165) is 30.3 Å². The number of aromatic nitrogens is 4. The fourth-order valence-electron chi connectivity index (χ4n) is 3.35. The number of likely N-dealkylation sites (tertiary alicyclic amines) is 1. The molecule has 0 unspecified atom stereocenters. The molecule has 0 aliphatic carbocycles. The van der Waals surface area contributed by atoms with E-state index >= 15 is 0 Å². The van der Waals surface area contributed by atoms with Gasteiger partial charge in [0.05, 0.1) is 0 Å². The molecule has 36 heavy (non-hydrogen) atoms. The Balaban J connectivity index is 1.51. The molecule has 0 radical (unpaired) electrons. The Morgan fingerprint density at radius 2 is 2.00 bits per heavy atom. The molecule has 1 fully saturated rings. The number of nitrogens with zero attached hydrogens (tertiary/aromatic N) is 5. The zero-order valence-electron chi connectivity index (χ0n) is 20.3. The number of likely N-dealkylation sites (N-methyl/N-ethyl adjacent to an activating group) is 1. The van der Waals surface area contributed by atoms with Crippen LogP contribution in [-0.4, -0.2) is 69.2 Å². The maximum Gasteiger partial charge on any atom is 0.358 e. The Bertz CT molecular complexity index is 1240. The highest BCUT2D eigenvalue weighted by atomic mass is 32.2. The summed E-state index contributed by atoms with van der Waals surface area (Å²) in [5.74, 6) is 0.643. The lowest BCUT2D eigenvalue weighted by Crippen LogP contribution is -2.53. The van der Waals surface area contributed by atoms with Gasteiger partial charge in [-0.05, 0) is 54.7 Å². The number of nitrogens with one attached hydrogen (secondary N) is 2. The predicted molar refractivity (Wildman–Crippen MR) is 139 cm³/mol. The molecule has 4 N–H and O–H groups in total. The molecule has 1 aliphatic heterocycles. The van der Waals surface area contributed by atoms with Crippen LogP contribution in [0.15, 0.2) is 75.0 Å². The van der Waals surface area contributed by atoms with Gasteiger partial charge >= 0.3 is 5.91 Å². The quantitative estimate of drug-likeness (QED) is 0.265. The van der Waals surface area contributed by atoms with Crippen molar-refractivity contribution in [2.24, 2.45) is 7.05 Å². The minimum atomic E-state index is -0.401. The third-order valence-electron chi connectivity index (χ3n) is 5.33. The summed E-state index contributed by atoms with van der Waals surface area (Å²) in [6.45, 7) is 5.11. The van der Waals surface area contributed by atoms with Crippen LogP contribution in [0.25, 0.3) is 0 Å². The number of amidine groups is 1. The first kappa shape index (κ1) is 25.7. The number of carbonyl (C=O) groups excluding carboxylic acids is 1. The zero-order chi connectivity index (χ0) is 25.5. The molecule has 1 aliphatic rings. The second kappa shape index (κ2) is 12.1. The molecule has 0 bridgehead atoms. The Morgan fingerprint density at radius 3 is 2.67 bits per heavy atom. The van der Waals surface area contributed by atoms with Crippen molar-refractivity contribution < 1.29 is 14.9 Å². The van der Waals surface area contributed by atoms with Crippen molar-refractivity contribution in [1.29, 1.82) is 0 Å². The van der Waals surface area contributed by atoms with Gasteiger partial charge < -0.3 is 14.6 Å². The zero-order valence-corrected chi connectivity index (χ0v) is 22.0. The minimum Gasteiger partial charge on any atom is -0.488 e. The van der Waals surface area contributed by atoms with E-state index in [1.807, 2.05) is 43.4 Å². The SMILES string of the molecule is CCN1CC(Oc2ccc(Sc3ccc(Sc4nncn4C)nc3C(=O)NC(=[NH2+])/C=C\NC)cc2)C1. The van der Waals surface area contributed by atoms with E-state index in [1.165, 1.54) is 23.5 Å². The third kappa shape index (κ3) is 6.65. The summed E-state index contributed by atoms with van der Waals surface area (Å²) < 4.78 is 7.82. The maximum atomic E-state index is 13.1. The Kier molecular flexibility index (Phi) is 8.62. The first-order chi connectivity index (χ1) is 17.4. The molecule has 188 valence electrons. The van der Waals surface area contributed by atoms with Crippen LogP contribution in [0.3, 0.4) is 0 Å². The van der Waals surface area contributed by atoms with Crippen molar-refractivity contribution >= 4 is 35.3 Å². The molecular formula is C24H29N8O2S2+. The van der Waals surface area contributed by atoms with Crippen molar-refractivity contribution in [3.8, 4) is 5.75 Å². The lowest BCUT2D eigenvalue weighted by molar-refractivity contribution is -0.115. The number of nitrogens with two attached hydrogens (primary N) is 1. The predicted octanol–water partition coefficient (Wildman–Crippen LogP) is 1.22. The number of hydrogen-bond acceptors (Lipinski definition) is 9. The Morgan fingerprint density at radius 1 is 1.22 bits per heavy atom. The van der Waals surface area contributed by atoms with Crippen LogP contribution in [0.4, 0.5) is 0 Å². The molecule has 0 spiro atoms. The number of amides is 1. The molecule has 12 heteroatoms. The second-order valence-electron chi connectivity index (χ2n) is 8.02. The summed E-state index contributed by atoms with van der Waals surface area (Å²) in [6, 6.07) is 11.6. The number of carbonyl (C=O) groups is 1. The maximum absolute atomic E-state index is 13.1. The molecule has 0 atom stereocenters. The average Bonchev–Trinajstić information content (AvgIpc) is 3.25. The highest BCUT2D eigenvalue weighted by Gasteiger charge is 2.27. The lowest BCUT2D eigenvalue weighted by Gasteiger charge is -2.38. The standard InChI is InChI=1S/C24H28N8O2S2/c1-4-32-13-17(14-32)34-16-5-7-18(8-6-16)35-19-9-10-21(36-24-30-27-15-31(24)3)29-22(19)23(33)28-20(25)11-12-26-2/h5-12,15,17,26H,4,13-14H2,1-3H3,(H2,25,28,33)/p+1/b12-11-. The van der Waals surface area contributed by atoms with E-state index in [2.05, 4.69) is 37.6 Å². The van der Waals surface area contributed by atoms with Crippen molar-refractivity contribution in [3.05, 3.63) is 60.7 Å². The van der Waals surface area contributed by atoms with Gasteiger partial charge in [-0.15, -0.1) is 10.2 Å². The largest absolute Gasteiger partial charge is 0.488 e. The van der Waals surface area contributed by atoms with Gasteiger partial charge in [0.15, 0.2) is 10.9 Å². The highest BCUT2D eigenvalue weighted by molar-refractivity contribution is 7.99. The Hall–Kier alpha value is -3.35. The van der Waals surface area contributed by atoms with Crippen LogP contribution in [0.1, 0.15) is 17.4 Å². The smallest absolute Gasteiger partial charge is 0.358 e. The fourth-order valence-corrected chi connectivity index (χ4v) is 4.99. The molecule has 4 rings (SSSR count). The third-order valence-corrected chi connectivity index (χ3v) is 7.37. The Labute approximate surface area is 218 Å². The van der Waals surface area contributed by atoms with Crippen LogP contribution < -0.4 is 20.8 Å². The van der Waals surface area contributed by atoms with E-state index in [-0.39, 0.29) is 17.6 Å². The van der Waals surface area contributed by atoms with E-state index in [4.69, 9.17) is 10.1 Å². The first-order valence-electron chi connectivity index (χ1n) is 11.4. The van der Waals surface area contributed by atoms with Crippen molar-refractivity contribution in [2.45, 2.75) is 33.0 Å². The minimum absolute atomic E-state index is 0.206. The van der Waals surface area contributed by atoms with Crippen LogP contribution >= 0.6 is 23.5 Å². The van der Waals surface area contributed by atoms with Crippen molar-refractivity contribution in [2.75, 3.05) is 26.7 Å². The first-order valence-corrected chi connectivity index (χ1v) is 13.1. The summed E-state index contributed by atoms with van der Waals surface area (Å²) in [5.41, 5.74) is 0.266.